The Morgan fingerprint density at radius 3 is 2.21 bits per heavy atom. The minimum atomic E-state index is -0.957. The Labute approximate surface area is 141 Å². The molecule has 5 heteroatoms. The minimum absolute atomic E-state index is 0.162. The maximum atomic E-state index is 12.5. The fourth-order valence-electron chi connectivity index (χ4n) is 2.45. The van der Waals surface area contributed by atoms with Gasteiger partial charge in [0.15, 0.2) is 0 Å². The van der Waals surface area contributed by atoms with Crippen molar-refractivity contribution in [2.24, 2.45) is 0 Å². The van der Waals surface area contributed by atoms with Gasteiger partial charge in [0.1, 0.15) is 5.75 Å². The standard InChI is InChI=1S/C19H21NO4/c1-13(14-8-10-16(24-2)11-9-14)19(23)20-17(12-18(21)22)15-6-4-3-5-7-15/h3-11,13,17H,12H2,1-2H3,(H,20,23)(H,21,22). The Hall–Kier alpha value is -2.82. The summed E-state index contributed by atoms with van der Waals surface area (Å²) in [6.07, 6.45) is -0.162. The molecule has 1 amide bonds. The summed E-state index contributed by atoms with van der Waals surface area (Å²) < 4.78 is 5.11. The average Bonchev–Trinajstić information content (AvgIpc) is 2.61. The van der Waals surface area contributed by atoms with Gasteiger partial charge in [0.25, 0.3) is 0 Å². The van der Waals surface area contributed by atoms with E-state index in [9.17, 15) is 9.59 Å². The van der Waals surface area contributed by atoms with Crippen molar-refractivity contribution < 1.29 is 19.4 Å². The van der Waals surface area contributed by atoms with Crippen molar-refractivity contribution in [3.8, 4) is 5.75 Å². The largest absolute Gasteiger partial charge is 0.497 e. The number of carbonyl (C=O) groups is 2. The maximum absolute atomic E-state index is 12.5. The van der Waals surface area contributed by atoms with Crippen molar-refractivity contribution in [1.29, 1.82) is 0 Å². The van der Waals surface area contributed by atoms with E-state index in [1.807, 2.05) is 42.5 Å². The Balaban J connectivity index is 2.12. The van der Waals surface area contributed by atoms with Crippen molar-refractivity contribution >= 4 is 11.9 Å². The third-order valence-electron chi connectivity index (χ3n) is 3.91. The third-order valence-corrected chi connectivity index (χ3v) is 3.91. The molecular formula is C19H21NO4. The van der Waals surface area contributed by atoms with Crippen molar-refractivity contribution in [3.05, 3.63) is 65.7 Å². The molecule has 2 unspecified atom stereocenters. The SMILES string of the molecule is COc1ccc(C(C)C(=O)NC(CC(=O)O)c2ccccc2)cc1. The van der Waals surface area contributed by atoms with Gasteiger partial charge in [0, 0.05) is 0 Å². The zero-order valence-corrected chi connectivity index (χ0v) is 13.7. The van der Waals surface area contributed by atoms with E-state index in [0.29, 0.717) is 0 Å². The van der Waals surface area contributed by atoms with Gasteiger partial charge in [-0.2, -0.15) is 0 Å². The van der Waals surface area contributed by atoms with Crippen LogP contribution < -0.4 is 10.1 Å². The number of carbonyl (C=O) groups excluding carboxylic acids is 1. The number of ether oxygens (including phenoxy) is 1. The predicted octanol–water partition coefficient (Wildman–Crippen LogP) is 3.13. The molecular weight excluding hydrogens is 306 g/mol. The van der Waals surface area contributed by atoms with Crippen LogP contribution in [0.1, 0.15) is 36.4 Å². The van der Waals surface area contributed by atoms with Gasteiger partial charge in [-0.25, -0.2) is 0 Å². The molecule has 0 heterocycles. The van der Waals surface area contributed by atoms with Gasteiger partial charge in [-0.05, 0) is 30.2 Å². The monoisotopic (exact) mass is 327 g/mol. The molecule has 0 spiro atoms. The second-order valence-corrected chi connectivity index (χ2v) is 5.56. The molecule has 0 aliphatic heterocycles. The molecule has 0 radical (unpaired) electrons. The molecule has 0 aliphatic carbocycles. The first-order valence-electron chi connectivity index (χ1n) is 7.72. The summed E-state index contributed by atoms with van der Waals surface area (Å²) in [5, 5.41) is 11.9. The summed E-state index contributed by atoms with van der Waals surface area (Å²) in [5.41, 5.74) is 1.62. The number of nitrogens with one attached hydrogen (secondary N) is 1. The number of amides is 1. The molecule has 0 bridgehead atoms. The molecule has 2 rings (SSSR count). The summed E-state index contributed by atoms with van der Waals surface area (Å²) in [6, 6.07) is 15.8. The minimum Gasteiger partial charge on any atom is -0.497 e. The zero-order chi connectivity index (χ0) is 17.5. The molecule has 126 valence electrons. The number of hydrogen-bond donors (Lipinski definition) is 2. The lowest BCUT2D eigenvalue weighted by Crippen LogP contribution is -2.33. The summed E-state index contributed by atoms with van der Waals surface area (Å²) in [5.74, 6) is -0.841. The van der Waals surface area contributed by atoms with Gasteiger partial charge in [0.2, 0.25) is 5.91 Å². The molecule has 0 saturated heterocycles. The molecule has 2 aromatic carbocycles. The van der Waals surface area contributed by atoms with E-state index in [0.717, 1.165) is 16.9 Å². The van der Waals surface area contributed by atoms with Crippen molar-refractivity contribution in [2.45, 2.75) is 25.3 Å². The number of benzene rings is 2. The van der Waals surface area contributed by atoms with E-state index in [-0.39, 0.29) is 12.3 Å². The van der Waals surface area contributed by atoms with Crippen LogP contribution in [0.4, 0.5) is 0 Å². The highest BCUT2D eigenvalue weighted by molar-refractivity contribution is 5.84. The zero-order valence-electron chi connectivity index (χ0n) is 13.7. The van der Waals surface area contributed by atoms with Crippen LogP contribution in [0.15, 0.2) is 54.6 Å². The van der Waals surface area contributed by atoms with E-state index < -0.39 is 17.9 Å². The van der Waals surface area contributed by atoms with Gasteiger partial charge >= 0.3 is 5.97 Å². The number of carboxylic acids is 1. The number of hydrogen-bond acceptors (Lipinski definition) is 3. The number of rotatable bonds is 7. The second kappa shape index (κ2) is 8.15. The Bertz CT molecular complexity index is 682. The summed E-state index contributed by atoms with van der Waals surface area (Å²) in [6.45, 7) is 1.79. The van der Waals surface area contributed by atoms with Gasteiger partial charge in [0.05, 0.1) is 25.5 Å². The van der Waals surface area contributed by atoms with Crippen LogP contribution in [0.5, 0.6) is 5.75 Å². The normalized spacial score (nSPS) is 12.9. The smallest absolute Gasteiger partial charge is 0.305 e. The molecule has 2 atom stereocenters. The van der Waals surface area contributed by atoms with Crippen molar-refractivity contribution in [3.63, 3.8) is 0 Å². The van der Waals surface area contributed by atoms with Crippen LogP contribution in [-0.2, 0) is 9.59 Å². The van der Waals surface area contributed by atoms with Crippen molar-refractivity contribution in [2.75, 3.05) is 7.11 Å². The predicted molar refractivity (Wildman–Crippen MR) is 91.0 cm³/mol. The van der Waals surface area contributed by atoms with Gasteiger partial charge in [-0.1, -0.05) is 42.5 Å². The van der Waals surface area contributed by atoms with Crippen LogP contribution in [0, 0.1) is 0 Å². The fraction of sp³-hybridized carbons (Fsp3) is 0.263. The van der Waals surface area contributed by atoms with Gasteiger partial charge in [-0.3, -0.25) is 9.59 Å². The molecule has 0 fully saturated rings. The topological polar surface area (TPSA) is 75.6 Å². The van der Waals surface area contributed by atoms with E-state index in [1.165, 1.54) is 0 Å². The van der Waals surface area contributed by atoms with E-state index in [2.05, 4.69) is 5.32 Å². The van der Waals surface area contributed by atoms with Crippen LogP contribution >= 0.6 is 0 Å². The maximum Gasteiger partial charge on any atom is 0.305 e. The number of aliphatic carboxylic acids is 1. The molecule has 0 aromatic heterocycles. The van der Waals surface area contributed by atoms with E-state index in [4.69, 9.17) is 9.84 Å². The lowest BCUT2D eigenvalue weighted by molar-refractivity contribution is -0.137. The number of methoxy groups -OCH3 is 1. The molecule has 2 N–H and O–H groups in total. The molecule has 24 heavy (non-hydrogen) atoms. The van der Waals surface area contributed by atoms with Crippen LogP contribution in [0.2, 0.25) is 0 Å². The highest BCUT2D eigenvalue weighted by atomic mass is 16.5. The van der Waals surface area contributed by atoms with Gasteiger partial charge < -0.3 is 15.2 Å². The van der Waals surface area contributed by atoms with Crippen LogP contribution in [0.3, 0.4) is 0 Å². The Kier molecular flexibility index (Phi) is 5.95. The average molecular weight is 327 g/mol. The summed E-state index contributed by atoms with van der Waals surface area (Å²) in [4.78, 5) is 23.6. The quantitative estimate of drug-likeness (QED) is 0.819. The second-order valence-electron chi connectivity index (χ2n) is 5.56. The van der Waals surface area contributed by atoms with Crippen LogP contribution in [-0.4, -0.2) is 24.1 Å². The first-order chi connectivity index (χ1) is 11.5. The summed E-state index contributed by atoms with van der Waals surface area (Å²) in [7, 11) is 1.58. The fourth-order valence-corrected chi connectivity index (χ4v) is 2.45. The number of carboxylic acid groups (broad SMARTS) is 1. The highest BCUT2D eigenvalue weighted by Gasteiger charge is 2.22. The lowest BCUT2D eigenvalue weighted by Gasteiger charge is -2.20. The molecule has 5 nitrogen and oxygen atoms in total. The highest BCUT2D eigenvalue weighted by Crippen LogP contribution is 2.22. The molecule has 2 aromatic rings. The van der Waals surface area contributed by atoms with E-state index in [1.54, 1.807) is 26.2 Å². The van der Waals surface area contributed by atoms with Gasteiger partial charge in [-0.15, -0.1) is 0 Å². The Morgan fingerprint density at radius 1 is 1.04 bits per heavy atom. The Morgan fingerprint density at radius 2 is 1.67 bits per heavy atom. The van der Waals surface area contributed by atoms with Crippen LogP contribution in [0.25, 0.3) is 0 Å². The van der Waals surface area contributed by atoms with Crippen molar-refractivity contribution in [1.82, 2.24) is 5.32 Å². The first-order valence-corrected chi connectivity index (χ1v) is 7.72. The third kappa shape index (κ3) is 4.59. The summed E-state index contributed by atoms with van der Waals surface area (Å²) >= 11 is 0. The lowest BCUT2D eigenvalue weighted by atomic mass is 9.98. The first kappa shape index (κ1) is 17.5. The molecule has 0 saturated carbocycles. The molecule has 0 aliphatic rings. The van der Waals surface area contributed by atoms with E-state index >= 15 is 0 Å².